The van der Waals surface area contributed by atoms with Gasteiger partial charge in [0.1, 0.15) is 0 Å². The molecule has 0 spiro atoms. The zero-order valence-electron chi connectivity index (χ0n) is 13.0. The van der Waals surface area contributed by atoms with Crippen molar-refractivity contribution in [1.29, 1.82) is 0 Å². The monoisotopic (exact) mass is 285 g/mol. The molecule has 5 heteroatoms. The Morgan fingerprint density at radius 3 is 2.86 bits per heavy atom. The molecule has 0 aromatic carbocycles. The third kappa shape index (κ3) is 3.61. The van der Waals surface area contributed by atoms with Crippen LogP contribution in [-0.4, -0.2) is 27.9 Å². The van der Waals surface area contributed by atoms with Crippen LogP contribution in [0, 0.1) is 6.92 Å². The Labute approximate surface area is 126 Å². The highest BCUT2D eigenvalue weighted by Gasteiger charge is 2.21. The van der Waals surface area contributed by atoms with Crippen LogP contribution < -0.4 is 10.2 Å². The third-order valence-electron chi connectivity index (χ3n) is 3.85. The van der Waals surface area contributed by atoms with E-state index in [1.165, 1.54) is 29.7 Å². The molecule has 0 aliphatic heterocycles. The second-order valence-corrected chi connectivity index (χ2v) is 5.99. The summed E-state index contributed by atoms with van der Waals surface area (Å²) in [6, 6.07) is 2.88. The Bertz CT molecular complexity index is 615. The van der Waals surface area contributed by atoms with Crippen molar-refractivity contribution in [1.82, 2.24) is 20.1 Å². The largest absolute Gasteiger partial charge is 0.370 e. The van der Waals surface area contributed by atoms with E-state index in [1.54, 1.807) is 0 Å². The quantitative estimate of drug-likeness (QED) is 0.882. The molecule has 1 aliphatic carbocycles. The predicted octanol–water partition coefficient (Wildman–Crippen LogP) is 2.01. The SMILES string of the molecule is Cc1cc(N(C)Cc2cnn(C)c2)c(CNC2CC2)cn1. The lowest BCUT2D eigenvalue weighted by Gasteiger charge is -2.22. The first kappa shape index (κ1) is 14.1. The molecule has 5 nitrogen and oxygen atoms in total. The normalized spacial score (nSPS) is 14.4. The third-order valence-corrected chi connectivity index (χ3v) is 3.85. The van der Waals surface area contributed by atoms with Gasteiger partial charge in [-0.3, -0.25) is 9.67 Å². The van der Waals surface area contributed by atoms with Gasteiger partial charge in [-0.1, -0.05) is 0 Å². The molecule has 0 unspecified atom stereocenters. The smallest absolute Gasteiger partial charge is 0.0539 e. The minimum absolute atomic E-state index is 0.711. The fraction of sp³-hybridized carbons (Fsp3) is 0.500. The van der Waals surface area contributed by atoms with E-state index in [-0.39, 0.29) is 0 Å². The molecule has 0 bridgehead atoms. The molecule has 0 saturated heterocycles. The number of hydrogen-bond acceptors (Lipinski definition) is 4. The maximum atomic E-state index is 4.45. The summed E-state index contributed by atoms with van der Waals surface area (Å²) in [7, 11) is 4.08. The second-order valence-electron chi connectivity index (χ2n) is 5.99. The van der Waals surface area contributed by atoms with Gasteiger partial charge in [0, 0.05) is 68.1 Å². The van der Waals surface area contributed by atoms with Crippen LogP contribution in [0.1, 0.15) is 29.7 Å². The molecule has 2 aromatic rings. The summed E-state index contributed by atoms with van der Waals surface area (Å²) in [4.78, 5) is 6.72. The first-order valence-corrected chi connectivity index (χ1v) is 7.49. The molecule has 1 aliphatic rings. The zero-order valence-corrected chi connectivity index (χ0v) is 13.0. The fourth-order valence-corrected chi connectivity index (χ4v) is 2.52. The maximum Gasteiger partial charge on any atom is 0.0539 e. The van der Waals surface area contributed by atoms with E-state index in [4.69, 9.17) is 0 Å². The van der Waals surface area contributed by atoms with Gasteiger partial charge in [0.15, 0.2) is 0 Å². The average Bonchev–Trinajstić information content (AvgIpc) is 3.20. The van der Waals surface area contributed by atoms with Crippen LogP contribution in [-0.2, 0) is 20.1 Å². The summed E-state index contributed by atoms with van der Waals surface area (Å²) in [6.45, 7) is 3.79. The predicted molar refractivity (Wildman–Crippen MR) is 84.2 cm³/mol. The van der Waals surface area contributed by atoms with Crippen molar-refractivity contribution in [2.75, 3.05) is 11.9 Å². The van der Waals surface area contributed by atoms with E-state index < -0.39 is 0 Å². The number of pyridine rings is 1. The lowest BCUT2D eigenvalue weighted by Crippen LogP contribution is -2.22. The minimum atomic E-state index is 0.711. The summed E-state index contributed by atoms with van der Waals surface area (Å²) in [5, 5.41) is 7.81. The molecule has 112 valence electrons. The van der Waals surface area contributed by atoms with E-state index in [1.807, 2.05) is 31.0 Å². The molecule has 3 rings (SSSR count). The molecular weight excluding hydrogens is 262 g/mol. The van der Waals surface area contributed by atoms with Crippen LogP contribution in [0.5, 0.6) is 0 Å². The van der Waals surface area contributed by atoms with Gasteiger partial charge in [-0.15, -0.1) is 0 Å². The Balaban J connectivity index is 1.75. The van der Waals surface area contributed by atoms with E-state index in [9.17, 15) is 0 Å². The van der Waals surface area contributed by atoms with Gasteiger partial charge < -0.3 is 10.2 Å². The molecule has 1 fully saturated rings. The van der Waals surface area contributed by atoms with E-state index in [0.717, 1.165) is 18.8 Å². The zero-order chi connectivity index (χ0) is 14.8. The Hall–Kier alpha value is -1.88. The highest BCUT2D eigenvalue weighted by molar-refractivity contribution is 5.53. The summed E-state index contributed by atoms with van der Waals surface area (Å²) >= 11 is 0. The number of aromatic nitrogens is 3. The van der Waals surface area contributed by atoms with Crippen molar-refractivity contribution >= 4 is 5.69 Å². The average molecular weight is 285 g/mol. The Morgan fingerprint density at radius 1 is 1.38 bits per heavy atom. The van der Waals surface area contributed by atoms with Gasteiger partial charge in [0.25, 0.3) is 0 Å². The van der Waals surface area contributed by atoms with Crippen molar-refractivity contribution in [2.24, 2.45) is 7.05 Å². The number of rotatable bonds is 6. The topological polar surface area (TPSA) is 46.0 Å². The minimum Gasteiger partial charge on any atom is -0.370 e. The van der Waals surface area contributed by atoms with E-state index in [2.05, 4.69) is 39.6 Å². The van der Waals surface area contributed by atoms with Crippen LogP contribution in [0.4, 0.5) is 5.69 Å². The Kier molecular flexibility index (Phi) is 3.92. The number of nitrogens with zero attached hydrogens (tertiary/aromatic N) is 4. The fourth-order valence-electron chi connectivity index (χ4n) is 2.52. The van der Waals surface area contributed by atoms with Crippen molar-refractivity contribution in [3.8, 4) is 0 Å². The van der Waals surface area contributed by atoms with Crippen LogP contribution in [0.3, 0.4) is 0 Å². The molecule has 2 aromatic heterocycles. The first-order chi connectivity index (χ1) is 10.1. The van der Waals surface area contributed by atoms with Crippen molar-refractivity contribution in [2.45, 2.75) is 38.9 Å². The molecule has 0 radical (unpaired) electrons. The number of anilines is 1. The lowest BCUT2D eigenvalue weighted by molar-refractivity contribution is 0.683. The van der Waals surface area contributed by atoms with Crippen molar-refractivity contribution in [3.05, 3.63) is 41.5 Å². The molecule has 0 atom stereocenters. The van der Waals surface area contributed by atoms with Crippen molar-refractivity contribution < 1.29 is 0 Å². The Morgan fingerprint density at radius 2 is 2.19 bits per heavy atom. The summed E-state index contributed by atoms with van der Waals surface area (Å²) < 4.78 is 1.84. The van der Waals surface area contributed by atoms with Gasteiger partial charge in [0.05, 0.1) is 6.20 Å². The summed E-state index contributed by atoms with van der Waals surface area (Å²) in [5.74, 6) is 0. The van der Waals surface area contributed by atoms with Gasteiger partial charge >= 0.3 is 0 Å². The molecule has 21 heavy (non-hydrogen) atoms. The molecule has 0 amide bonds. The van der Waals surface area contributed by atoms with E-state index in [0.29, 0.717) is 6.04 Å². The number of hydrogen-bond donors (Lipinski definition) is 1. The van der Waals surface area contributed by atoms with Gasteiger partial charge in [0.2, 0.25) is 0 Å². The number of aryl methyl sites for hydroxylation is 2. The number of nitrogens with one attached hydrogen (secondary N) is 1. The molecule has 2 heterocycles. The van der Waals surface area contributed by atoms with Gasteiger partial charge in [-0.2, -0.15) is 5.10 Å². The van der Waals surface area contributed by atoms with E-state index >= 15 is 0 Å². The first-order valence-electron chi connectivity index (χ1n) is 7.49. The lowest BCUT2D eigenvalue weighted by atomic mass is 10.1. The van der Waals surface area contributed by atoms with Gasteiger partial charge in [-0.25, -0.2) is 0 Å². The van der Waals surface area contributed by atoms with Gasteiger partial charge in [-0.05, 0) is 25.8 Å². The summed E-state index contributed by atoms with van der Waals surface area (Å²) in [6.07, 6.45) is 8.60. The molecule has 1 saturated carbocycles. The van der Waals surface area contributed by atoms with Crippen LogP contribution in [0.2, 0.25) is 0 Å². The summed E-state index contributed by atoms with van der Waals surface area (Å²) in [5.41, 5.74) is 4.78. The highest BCUT2D eigenvalue weighted by atomic mass is 15.2. The van der Waals surface area contributed by atoms with Crippen LogP contribution >= 0.6 is 0 Å². The second kappa shape index (κ2) is 5.85. The maximum absolute atomic E-state index is 4.45. The standard InChI is InChI=1S/C16H23N5/c1-12-6-16(14(8-17-12)9-18-15-4-5-15)20(2)10-13-7-19-21(3)11-13/h6-8,11,15,18H,4-5,9-10H2,1-3H3. The molecule has 1 N–H and O–H groups in total. The highest BCUT2D eigenvalue weighted by Crippen LogP contribution is 2.24. The van der Waals surface area contributed by atoms with Crippen LogP contribution in [0.25, 0.3) is 0 Å². The van der Waals surface area contributed by atoms with Crippen LogP contribution in [0.15, 0.2) is 24.7 Å². The van der Waals surface area contributed by atoms with Crippen molar-refractivity contribution in [3.63, 3.8) is 0 Å². The molecular formula is C16H23N5.